The third kappa shape index (κ3) is 3.97. The van der Waals surface area contributed by atoms with Crippen molar-refractivity contribution in [3.63, 3.8) is 0 Å². The first-order valence-electron chi connectivity index (χ1n) is 9.04. The van der Waals surface area contributed by atoms with Crippen molar-refractivity contribution in [2.45, 2.75) is 38.3 Å². The summed E-state index contributed by atoms with van der Waals surface area (Å²) < 4.78 is 0. The number of likely N-dealkylation sites (tertiary alicyclic amines) is 1. The average Bonchev–Trinajstić information content (AvgIpc) is 3.02. The van der Waals surface area contributed by atoms with Crippen LogP contribution in [0, 0.1) is 0 Å². The molecule has 3 aromatic rings. The van der Waals surface area contributed by atoms with E-state index in [0.717, 1.165) is 18.1 Å². The van der Waals surface area contributed by atoms with Crippen molar-refractivity contribution in [2.75, 3.05) is 6.54 Å². The molecule has 4 heteroatoms. The van der Waals surface area contributed by atoms with Crippen LogP contribution in [0.1, 0.15) is 42.2 Å². The van der Waals surface area contributed by atoms with E-state index in [1.165, 1.54) is 41.7 Å². The second kappa shape index (κ2) is 7.89. The summed E-state index contributed by atoms with van der Waals surface area (Å²) >= 11 is 1.82. The summed E-state index contributed by atoms with van der Waals surface area (Å²) in [6, 6.07) is 15.3. The summed E-state index contributed by atoms with van der Waals surface area (Å²) in [6.45, 7) is 2.14. The van der Waals surface area contributed by atoms with Crippen LogP contribution in [-0.2, 0) is 6.54 Å². The lowest BCUT2D eigenvalue weighted by atomic mass is 10.0. The summed E-state index contributed by atoms with van der Waals surface area (Å²) in [4.78, 5) is 12.8. The highest BCUT2D eigenvalue weighted by Crippen LogP contribution is 2.33. The van der Waals surface area contributed by atoms with Crippen LogP contribution in [0.5, 0.6) is 0 Å². The molecule has 1 aliphatic rings. The average molecular weight is 350 g/mol. The summed E-state index contributed by atoms with van der Waals surface area (Å²) in [7, 11) is 0. The van der Waals surface area contributed by atoms with Crippen LogP contribution in [0.15, 0.2) is 61.1 Å². The topological polar surface area (TPSA) is 29.0 Å². The van der Waals surface area contributed by atoms with E-state index in [2.05, 4.69) is 63.5 Å². The van der Waals surface area contributed by atoms with Crippen molar-refractivity contribution in [1.82, 2.24) is 14.9 Å². The lowest BCUT2D eigenvalue weighted by Crippen LogP contribution is -2.27. The van der Waals surface area contributed by atoms with Crippen LogP contribution in [0.4, 0.5) is 0 Å². The molecule has 4 rings (SSSR count). The first kappa shape index (κ1) is 16.4. The maximum atomic E-state index is 4.66. The lowest BCUT2D eigenvalue weighted by molar-refractivity contribution is 0.194. The van der Waals surface area contributed by atoms with E-state index in [1.54, 1.807) is 0 Å². The highest BCUT2D eigenvalue weighted by molar-refractivity contribution is 7.15. The first-order chi connectivity index (χ1) is 12.4. The van der Waals surface area contributed by atoms with Gasteiger partial charge in [0.25, 0.3) is 0 Å². The zero-order chi connectivity index (χ0) is 16.9. The fourth-order valence-electron chi connectivity index (χ4n) is 3.62. The molecule has 0 spiro atoms. The first-order valence-corrected chi connectivity index (χ1v) is 9.86. The number of nitrogens with zero attached hydrogens (tertiary/aromatic N) is 3. The van der Waals surface area contributed by atoms with Gasteiger partial charge in [0, 0.05) is 41.6 Å². The Labute approximate surface area is 153 Å². The Balaban J connectivity index is 1.54. The maximum absolute atomic E-state index is 4.66. The molecule has 0 aliphatic carbocycles. The van der Waals surface area contributed by atoms with Gasteiger partial charge in [-0.25, -0.2) is 4.98 Å². The van der Waals surface area contributed by atoms with Crippen LogP contribution in [0.3, 0.4) is 0 Å². The van der Waals surface area contributed by atoms with E-state index in [-0.39, 0.29) is 0 Å². The fourth-order valence-corrected chi connectivity index (χ4v) is 4.56. The number of hydrogen-bond donors (Lipinski definition) is 0. The molecule has 1 aromatic carbocycles. The van der Waals surface area contributed by atoms with Crippen molar-refractivity contribution in [3.05, 3.63) is 71.5 Å². The number of rotatable bonds is 4. The number of pyridine rings is 1. The second-order valence-electron chi connectivity index (χ2n) is 6.61. The predicted octanol–water partition coefficient (Wildman–Crippen LogP) is 5.32. The Hall–Kier alpha value is -2.04. The summed E-state index contributed by atoms with van der Waals surface area (Å²) in [5.74, 6) is 0. The van der Waals surface area contributed by atoms with Crippen molar-refractivity contribution in [2.24, 2.45) is 0 Å². The Morgan fingerprint density at radius 1 is 1.00 bits per heavy atom. The van der Waals surface area contributed by atoms with Gasteiger partial charge in [-0.3, -0.25) is 9.88 Å². The fraction of sp³-hybridized carbons (Fsp3) is 0.333. The second-order valence-corrected chi connectivity index (χ2v) is 7.73. The van der Waals surface area contributed by atoms with E-state index in [1.807, 2.05) is 23.7 Å². The third-order valence-electron chi connectivity index (χ3n) is 4.89. The molecule has 3 heterocycles. The number of benzene rings is 1. The molecular weight excluding hydrogens is 326 g/mol. The van der Waals surface area contributed by atoms with Crippen LogP contribution in [-0.4, -0.2) is 21.4 Å². The molecule has 0 radical (unpaired) electrons. The number of hydrogen-bond acceptors (Lipinski definition) is 4. The van der Waals surface area contributed by atoms with Crippen LogP contribution >= 0.6 is 11.3 Å². The van der Waals surface area contributed by atoms with E-state index in [4.69, 9.17) is 0 Å². The van der Waals surface area contributed by atoms with Gasteiger partial charge in [0.1, 0.15) is 5.01 Å². The van der Waals surface area contributed by atoms with Gasteiger partial charge in [0.2, 0.25) is 0 Å². The summed E-state index contributed by atoms with van der Waals surface area (Å²) in [6.07, 6.45) is 11.0. The summed E-state index contributed by atoms with van der Waals surface area (Å²) in [5.41, 5.74) is 2.60. The van der Waals surface area contributed by atoms with Gasteiger partial charge in [0.15, 0.2) is 0 Å². The van der Waals surface area contributed by atoms with E-state index in [0.29, 0.717) is 6.04 Å². The normalized spacial score (nSPS) is 18.8. The highest BCUT2D eigenvalue weighted by atomic mass is 32.1. The molecule has 1 atom stereocenters. The molecule has 0 saturated carbocycles. The molecular formula is C21H23N3S. The third-order valence-corrected chi connectivity index (χ3v) is 5.92. The Morgan fingerprint density at radius 3 is 2.68 bits per heavy atom. The van der Waals surface area contributed by atoms with Gasteiger partial charge in [0.05, 0.1) is 0 Å². The number of thiazole rings is 1. The molecule has 2 aromatic heterocycles. The van der Waals surface area contributed by atoms with Crippen molar-refractivity contribution >= 4 is 11.3 Å². The van der Waals surface area contributed by atoms with Gasteiger partial charge in [-0.2, -0.15) is 0 Å². The number of aromatic nitrogens is 2. The van der Waals surface area contributed by atoms with Gasteiger partial charge in [-0.05, 0) is 37.1 Å². The molecule has 3 nitrogen and oxygen atoms in total. The standard InChI is InChI=1S/C21H23N3S/c1-3-7-18(8-4-1)21-23-15-19(25-21)16-24-14-6-2-5-9-20(24)17-10-12-22-13-11-17/h1,3-4,7-8,10-13,15,20H,2,5-6,9,14,16H2. The molecule has 1 saturated heterocycles. The van der Waals surface area contributed by atoms with Crippen LogP contribution < -0.4 is 0 Å². The smallest absolute Gasteiger partial charge is 0.123 e. The molecule has 1 unspecified atom stereocenters. The minimum atomic E-state index is 0.493. The zero-order valence-corrected chi connectivity index (χ0v) is 15.2. The Bertz CT molecular complexity index is 785. The van der Waals surface area contributed by atoms with Gasteiger partial charge in [-0.1, -0.05) is 43.2 Å². The minimum absolute atomic E-state index is 0.493. The van der Waals surface area contributed by atoms with Crippen molar-refractivity contribution in [3.8, 4) is 10.6 Å². The lowest BCUT2D eigenvalue weighted by Gasteiger charge is -2.29. The highest BCUT2D eigenvalue weighted by Gasteiger charge is 2.23. The summed E-state index contributed by atoms with van der Waals surface area (Å²) in [5, 5.41) is 1.12. The van der Waals surface area contributed by atoms with Gasteiger partial charge >= 0.3 is 0 Å². The van der Waals surface area contributed by atoms with Gasteiger partial charge in [-0.15, -0.1) is 11.3 Å². The quantitative estimate of drug-likeness (QED) is 0.638. The molecule has 25 heavy (non-hydrogen) atoms. The maximum Gasteiger partial charge on any atom is 0.123 e. The molecule has 1 aliphatic heterocycles. The SMILES string of the molecule is c1ccc(-c2ncc(CN3CCCCCC3c3ccncc3)s2)cc1. The molecule has 0 N–H and O–H groups in total. The van der Waals surface area contributed by atoms with Crippen molar-refractivity contribution < 1.29 is 0 Å². The Kier molecular flexibility index (Phi) is 5.19. The molecule has 0 bridgehead atoms. The Morgan fingerprint density at radius 2 is 1.84 bits per heavy atom. The molecule has 1 fully saturated rings. The molecule has 0 amide bonds. The van der Waals surface area contributed by atoms with E-state index >= 15 is 0 Å². The van der Waals surface area contributed by atoms with Gasteiger partial charge < -0.3 is 0 Å². The molecule has 128 valence electrons. The van der Waals surface area contributed by atoms with E-state index < -0.39 is 0 Å². The minimum Gasteiger partial charge on any atom is -0.291 e. The van der Waals surface area contributed by atoms with E-state index in [9.17, 15) is 0 Å². The monoisotopic (exact) mass is 349 g/mol. The van der Waals surface area contributed by atoms with Crippen LogP contribution in [0.25, 0.3) is 10.6 Å². The zero-order valence-electron chi connectivity index (χ0n) is 14.3. The predicted molar refractivity (Wildman–Crippen MR) is 103 cm³/mol. The van der Waals surface area contributed by atoms with Crippen LogP contribution in [0.2, 0.25) is 0 Å². The largest absolute Gasteiger partial charge is 0.291 e. The van der Waals surface area contributed by atoms with Crippen molar-refractivity contribution in [1.29, 1.82) is 0 Å².